The average molecular weight is 110 g/mol. The van der Waals surface area contributed by atoms with Gasteiger partial charge >= 0.3 is 0 Å². The third-order valence-electron chi connectivity index (χ3n) is 0.542. The maximum absolute atomic E-state index is 10.1. The molecule has 0 radical (unpaired) electrons. The maximum atomic E-state index is 10.1. The van der Waals surface area contributed by atoms with E-state index in [1.807, 2.05) is 0 Å². The Bertz CT molecular complexity index is 221. The number of nitrogens with zero attached hydrogens (tertiary/aromatic N) is 5. The van der Waals surface area contributed by atoms with Crippen LogP contribution in [0.3, 0.4) is 0 Å². The second-order valence-electron chi connectivity index (χ2n) is 0.987. The van der Waals surface area contributed by atoms with Gasteiger partial charge in [-0.2, -0.15) is 5.26 Å². The van der Waals surface area contributed by atoms with Gasteiger partial charge in [0.2, 0.25) is 5.82 Å². The van der Waals surface area contributed by atoms with Gasteiger partial charge in [0, 0.05) is 0 Å². The molecule has 1 aromatic rings. The Morgan fingerprint density at radius 3 is 2.75 bits per heavy atom. The molecule has 0 unspecified atom stereocenters. The zero-order valence-corrected chi connectivity index (χ0v) is 3.64. The molecule has 6 heteroatoms. The molecular formula is C2N5O-. The van der Waals surface area contributed by atoms with E-state index in [4.69, 9.17) is 5.26 Å². The van der Waals surface area contributed by atoms with Crippen molar-refractivity contribution in [2.45, 2.75) is 0 Å². The molecule has 0 aliphatic heterocycles. The minimum absolute atomic E-state index is 0.0556. The van der Waals surface area contributed by atoms with Crippen molar-refractivity contribution in [3.63, 3.8) is 0 Å². The van der Waals surface area contributed by atoms with Crippen molar-refractivity contribution < 1.29 is 0 Å². The van der Waals surface area contributed by atoms with E-state index < -0.39 is 0 Å². The van der Waals surface area contributed by atoms with Crippen LogP contribution in [0, 0.1) is 16.5 Å². The lowest BCUT2D eigenvalue weighted by Gasteiger charge is -1.96. The molecule has 40 valence electrons. The van der Waals surface area contributed by atoms with Gasteiger partial charge in [-0.1, -0.05) is 5.10 Å². The number of hydrogen-bond donors (Lipinski definition) is 0. The number of hydrogen-bond acceptors (Lipinski definition) is 5. The Balaban J connectivity index is 3.15. The molecule has 0 spiro atoms. The van der Waals surface area contributed by atoms with Crippen LogP contribution in [0.4, 0.5) is 0 Å². The fourth-order valence-corrected chi connectivity index (χ4v) is 0.244. The summed E-state index contributed by atoms with van der Waals surface area (Å²) in [5.41, 5.74) is 0. The van der Waals surface area contributed by atoms with Crippen molar-refractivity contribution in [1.29, 1.82) is 5.26 Å². The molecule has 8 heavy (non-hydrogen) atoms. The zero-order chi connectivity index (χ0) is 5.98. The molecule has 1 aromatic heterocycles. The third kappa shape index (κ3) is 0.459. The van der Waals surface area contributed by atoms with E-state index >= 15 is 0 Å². The lowest BCUT2D eigenvalue weighted by atomic mass is 10.7. The lowest BCUT2D eigenvalue weighted by molar-refractivity contribution is 0.788. The molecule has 0 atom stereocenters. The summed E-state index contributed by atoms with van der Waals surface area (Å²) < 4.78 is 0. The van der Waals surface area contributed by atoms with Crippen LogP contribution in [-0.2, 0) is 0 Å². The Kier molecular flexibility index (Phi) is 0.823. The summed E-state index contributed by atoms with van der Waals surface area (Å²) in [7, 11) is 0. The monoisotopic (exact) mass is 110 g/mol. The van der Waals surface area contributed by atoms with E-state index in [0.717, 1.165) is 0 Å². The van der Waals surface area contributed by atoms with E-state index in [0.29, 0.717) is 0 Å². The van der Waals surface area contributed by atoms with Crippen LogP contribution in [0.25, 0.3) is 0 Å². The fraction of sp³-hybridized carbons (Fsp3) is 0. The van der Waals surface area contributed by atoms with Gasteiger partial charge in [0.25, 0.3) is 0 Å². The number of aromatic nitrogens is 4. The zero-order valence-electron chi connectivity index (χ0n) is 3.64. The van der Waals surface area contributed by atoms with E-state index in [-0.39, 0.29) is 10.7 Å². The van der Waals surface area contributed by atoms with E-state index in [1.54, 1.807) is 0 Å². The lowest BCUT2D eigenvalue weighted by Crippen LogP contribution is -1.91. The molecule has 1 rings (SSSR count). The van der Waals surface area contributed by atoms with Crippen LogP contribution in [0.1, 0.15) is 5.82 Å². The van der Waals surface area contributed by atoms with Crippen molar-refractivity contribution in [2.75, 3.05) is 0 Å². The third-order valence-corrected chi connectivity index (χ3v) is 0.542. The second kappa shape index (κ2) is 1.46. The first-order valence-corrected chi connectivity index (χ1v) is 1.70. The van der Waals surface area contributed by atoms with Crippen molar-refractivity contribution in [2.24, 2.45) is 0 Å². The summed E-state index contributed by atoms with van der Waals surface area (Å²) >= 11 is 0. The number of nitriles is 1. The molecule has 0 aliphatic rings. The highest BCUT2D eigenvalue weighted by Gasteiger charge is 1.91. The van der Waals surface area contributed by atoms with Gasteiger partial charge in [0.05, 0.1) is 0 Å². The van der Waals surface area contributed by atoms with Crippen LogP contribution in [0.2, 0.25) is 0 Å². The summed E-state index contributed by atoms with van der Waals surface area (Å²) in [5.74, 6) is -0.329. The van der Waals surface area contributed by atoms with Crippen molar-refractivity contribution >= 4 is 0 Å². The van der Waals surface area contributed by atoms with Gasteiger partial charge in [-0.15, -0.1) is 0 Å². The Labute approximate surface area is 43.9 Å². The second-order valence-corrected chi connectivity index (χ2v) is 0.987. The van der Waals surface area contributed by atoms with Crippen LogP contribution in [0.5, 0.6) is 0 Å². The summed E-state index contributed by atoms with van der Waals surface area (Å²) in [6.45, 7) is 0. The highest BCUT2D eigenvalue weighted by atomic mass is 16.5. The predicted octanol–water partition coefficient (Wildman–Crippen LogP) is -1.11. The quantitative estimate of drug-likeness (QED) is 0.422. The van der Waals surface area contributed by atoms with Crippen LogP contribution < -0.4 is 0 Å². The van der Waals surface area contributed by atoms with Gasteiger partial charge in [-0.3, -0.25) is 0 Å². The predicted molar refractivity (Wildman–Crippen MR) is 21.3 cm³/mol. The van der Waals surface area contributed by atoms with Crippen molar-refractivity contribution in [3.8, 4) is 6.07 Å². The first kappa shape index (κ1) is 4.52. The summed E-state index contributed by atoms with van der Waals surface area (Å²) in [5, 5.41) is 27.0. The Hall–Kier alpha value is -1.64. The molecule has 6 nitrogen and oxygen atoms in total. The van der Waals surface area contributed by atoms with Gasteiger partial charge in [0.1, 0.15) is 6.07 Å². The van der Waals surface area contributed by atoms with Crippen molar-refractivity contribution in [3.05, 3.63) is 11.0 Å². The van der Waals surface area contributed by atoms with Crippen LogP contribution >= 0.6 is 0 Å². The van der Waals surface area contributed by atoms with E-state index in [2.05, 4.69) is 15.5 Å². The number of tetrazole rings is 1. The highest BCUT2D eigenvalue weighted by Crippen LogP contribution is 1.80. The minimum Gasteiger partial charge on any atom is -0.787 e. The fourth-order valence-electron chi connectivity index (χ4n) is 0.244. The largest absolute Gasteiger partial charge is 0.787 e. The molecule has 0 N–H and O–H groups in total. The van der Waals surface area contributed by atoms with Crippen LogP contribution in [0.15, 0.2) is 0 Å². The molecule has 0 fully saturated rings. The SMILES string of the molecule is N#Cc1nnnn1[O-]. The normalized spacial score (nSPS) is 8.38. The summed E-state index contributed by atoms with van der Waals surface area (Å²) in [6, 6.07) is 1.49. The Morgan fingerprint density at radius 2 is 2.50 bits per heavy atom. The molecule has 0 saturated carbocycles. The number of rotatable bonds is 0. The van der Waals surface area contributed by atoms with Crippen molar-refractivity contribution in [1.82, 2.24) is 20.4 Å². The molecule has 0 saturated heterocycles. The standard InChI is InChI=1S/C2N5O/c3-1-2-4-5-6-7(2)8/q-1. The topological polar surface area (TPSA) is 90.5 Å². The molecule has 1 heterocycles. The highest BCUT2D eigenvalue weighted by molar-refractivity contribution is 5.06. The molecule has 0 bridgehead atoms. The first-order valence-electron chi connectivity index (χ1n) is 1.70. The molecule has 0 amide bonds. The molecule has 0 aromatic carbocycles. The van der Waals surface area contributed by atoms with E-state index in [1.165, 1.54) is 6.07 Å². The summed E-state index contributed by atoms with van der Waals surface area (Å²) in [6.07, 6.45) is 0. The average Bonchev–Trinajstić information content (AvgIpc) is 2.14. The smallest absolute Gasteiger partial charge is 0.248 e. The van der Waals surface area contributed by atoms with E-state index in [9.17, 15) is 5.21 Å². The van der Waals surface area contributed by atoms with Gasteiger partial charge < -0.3 is 5.21 Å². The Morgan fingerprint density at radius 1 is 1.75 bits per heavy atom. The first-order chi connectivity index (χ1) is 3.84. The van der Waals surface area contributed by atoms with Gasteiger partial charge in [-0.25, -0.2) is 4.85 Å². The maximum Gasteiger partial charge on any atom is 0.248 e. The molecular weight excluding hydrogens is 110 g/mol. The van der Waals surface area contributed by atoms with Gasteiger partial charge in [-0.05, 0) is 10.4 Å². The minimum atomic E-state index is -0.329. The summed E-state index contributed by atoms with van der Waals surface area (Å²) in [4.78, 5) is 0.0556. The van der Waals surface area contributed by atoms with Crippen LogP contribution in [-0.4, -0.2) is 20.4 Å². The van der Waals surface area contributed by atoms with Gasteiger partial charge in [0.15, 0.2) is 0 Å². The molecule has 0 aliphatic carbocycles.